The van der Waals surface area contributed by atoms with Crippen LogP contribution >= 0.6 is 27.5 Å². The highest BCUT2D eigenvalue weighted by Gasteiger charge is 2.33. The molecule has 2 N–H and O–H groups in total. The predicted octanol–water partition coefficient (Wildman–Crippen LogP) is 2.61. The van der Waals surface area contributed by atoms with E-state index in [2.05, 4.69) is 21.0 Å². The molecule has 1 heterocycles. The van der Waals surface area contributed by atoms with Gasteiger partial charge in [0.1, 0.15) is 5.15 Å². The van der Waals surface area contributed by atoms with Gasteiger partial charge in [-0.15, -0.1) is 0 Å². The summed E-state index contributed by atoms with van der Waals surface area (Å²) in [5.41, 5.74) is 1.75. The molecular formula is C15H18BrClN2O2. The van der Waals surface area contributed by atoms with Crippen LogP contribution < -0.4 is 0 Å². The molecule has 0 unspecified atom stereocenters. The van der Waals surface area contributed by atoms with Crippen LogP contribution in [0.3, 0.4) is 0 Å². The second-order valence-corrected chi connectivity index (χ2v) is 6.53. The smallest absolute Gasteiger partial charge is 0.130 e. The molecule has 0 saturated carbocycles. The summed E-state index contributed by atoms with van der Waals surface area (Å²) in [6.07, 6.45) is 0.431. The maximum atomic E-state index is 9.91. The third kappa shape index (κ3) is 3.16. The molecule has 0 fully saturated rings. The summed E-state index contributed by atoms with van der Waals surface area (Å²) in [4.78, 5) is 0. The quantitative estimate of drug-likeness (QED) is 0.847. The summed E-state index contributed by atoms with van der Waals surface area (Å²) in [5.74, 6) is 0. The second-order valence-electron chi connectivity index (χ2n) is 5.26. The van der Waals surface area contributed by atoms with Gasteiger partial charge in [0.25, 0.3) is 0 Å². The number of nitrogens with zero attached hydrogens (tertiary/aromatic N) is 2. The Hall–Kier alpha value is -0.880. The number of aryl methyl sites for hydroxylation is 2. The lowest BCUT2D eigenvalue weighted by Crippen LogP contribution is -2.37. The lowest BCUT2D eigenvalue weighted by atomic mass is 9.77. The molecule has 0 bridgehead atoms. The summed E-state index contributed by atoms with van der Waals surface area (Å²) in [6, 6.07) is 7.59. The van der Waals surface area contributed by atoms with Gasteiger partial charge in [0, 0.05) is 22.5 Å². The zero-order valence-corrected chi connectivity index (χ0v) is 14.3. The topological polar surface area (TPSA) is 58.3 Å². The number of hydrogen-bond donors (Lipinski definition) is 2. The van der Waals surface area contributed by atoms with E-state index in [-0.39, 0.29) is 13.2 Å². The fourth-order valence-electron chi connectivity index (χ4n) is 2.46. The number of aromatic nitrogens is 2. The molecule has 4 nitrogen and oxygen atoms in total. The first-order valence-corrected chi connectivity index (χ1v) is 7.76. The Balaban J connectivity index is 2.45. The number of aliphatic hydroxyl groups excluding tert-OH is 2. The molecule has 2 rings (SSSR count). The average Bonchev–Trinajstić information content (AvgIpc) is 2.72. The lowest BCUT2D eigenvalue weighted by molar-refractivity contribution is 0.116. The van der Waals surface area contributed by atoms with Crippen molar-refractivity contribution < 1.29 is 10.2 Å². The molecular weight excluding hydrogens is 356 g/mol. The Kier molecular flexibility index (Phi) is 5.09. The molecule has 1 aromatic heterocycles. The van der Waals surface area contributed by atoms with Crippen molar-refractivity contribution in [1.29, 1.82) is 0 Å². The van der Waals surface area contributed by atoms with E-state index in [1.165, 1.54) is 0 Å². The molecule has 1 aromatic carbocycles. The van der Waals surface area contributed by atoms with Gasteiger partial charge in [-0.1, -0.05) is 39.7 Å². The molecule has 6 heteroatoms. The SMILES string of the molecule is Cc1nn(C)c(Cl)c1CC(CO)(CO)c1ccc(Br)cc1. The fourth-order valence-corrected chi connectivity index (χ4v) is 2.97. The van der Waals surface area contributed by atoms with Crippen molar-refractivity contribution in [2.24, 2.45) is 7.05 Å². The number of rotatable bonds is 5. The van der Waals surface area contributed by atoms with Gasteiger partial charge in [0.15, 0.2) is 0 Å². The van der Waals surface area contributed by atoms with E-state index < -0.39 is 5.41 Å². The first-order valence-electron chi connectivity index (χ1n) is 6.59. The number of hydrogen-bond acceptors (Lipinski definition) is 3. The van der Waals surface area contributed by atoms with E-state index in [1.54, 1.807) is 11.7 Å². The summed E-state index contributed by atoms with van der Waals surface area (Å²) >= 11 is 9.67. The average molecular weight is 374 g/mol. The van der Waals surface area contributed by atoms with Crippen molar-refractivity contribution in [3.8, 4) is 0 Å². The van der Waals surface area contributed by atoms with Crippen LogP contribution in [0.25, 0.3) is 0 Å². The maximum absolute atomic E-state index is 9.91. The fraction of sp³-hybridized carbons (Fsp3) is 0.400. The molecule has 0 atom stereocenters. The second kappa shape index (κ2) is 6.48. The minimum Gasteiger partial charge on any atom is -0.395 e. The van der Waals surface area contributed by atoms with Crippen molar-refractivity contribution in [1.82, 2.24) is 9.78 Å². The zero-order valence-electron chi connectivity index (χ0n) is 12.0. The number of halogens is 2. The van der Waals surface area contributed by atoms with E-state index >= 15 is 0 Å². The Bertz CT molecular complexity index is 621. The minimum atomic E-state index is -0.780. The van der Waals surface area contributed by atoms with Gasteiger partial charge in [0.05, 0.1) is 18.9 Å². The summed E-state index contributed by atoms with van der Waals surface area (Å²) in [7, 11) is 1.78. The van der Waals surface area contributed by atoms with Crippen molar-refractivity contribution >= 4 is 27.5 Å². The van der Waals surface area contributed by atoms with Gasteiger partial charge in [-0.25, -0.2) is 0 Å². The molecule has 0 aliphatic carbocycles. The standard InChI is InChI=1S/C15H18BrClN2O2/c1-10-13(14(17)19(2)18-10)7-15(8-20,9-21)11-3-5-12(16)6-4-11/h3-6,20-21H,7-9H2,1-2H3. The highest BCUT2D eigenvalue weighted by Crippen LogP contribution is 2.32. The Morgan fingerprint density at radius 3 is 2.24 bits per heavy atom. The molecule has 114 valence electrons. The molecule has 0 radical (unpaired) electrons. The Morgan fingerprint density at radius 2 is 1.81 bits per heavy atom. The molecule has 0 amide bonds. The maximum Gasteiger partial charge on any atom is 0.130 e. The van der Waals surface area contributed by atoms with Gasteiger partial charge in [-0.05, 0) is 31.0 Å². The third-order valence-corrected chi connectivity index (χ3v) is 4.85. The van der Waals surface area contributed by atoms with E-state index in [1.807, 2.05) is 31.2 Å². The highest BCUT2D eigenvalue weighted by molar-refractivity contribution is 9.10. The van der Waals surface area contributed by atoms with Crippen LogP contribution in [0, 0.1) is 6.92 Å². The van der Waals surface area contributed by atoms with Crippen LogP contribution in [0.15, 0.2) is 28.7 Å². The monoisotopic (exact) mass is 372 g/mol. The molecule has 0 spiro atoms. The van der Waals surface area contributed by atoms with E-state index in [0.29, 0.717) is 11.6 Å². The molecule has 21 heavy (non-hydrogen) atoms. The highest BCUT2D eigenvalue weighted by atomic mass is 79.9. The Morgan fingerprint density at radius 1 is 1.24 bits per heavy atom. The van der Waals surface area contributed by atoms with Crippen LogP contribution in [0.2, 0.25) is 5.15 Å². The summed E-state index contributed by atoms with van der Waals surface area (Å²) < 4.78 is 2.56. The third-order valence-electron chi connectivity index (χ3n) is 3.85. The van der Waals surface area contributed by atoms with E-state index in [0.717, 1.165) is 21.3 Å². The molecule has 0 saturated heterocycles. The molecule has 0 aliphatic rings. The zero-order chi connectivity index (χ0) is 15.6. The van der Waals surface area contributed by atoms with Gasteiger partial charge in [0.2, 0.25) is 0 Å². The van der Waals surface area contributed by atoms with Gasteiger partial charge in [-0.3, -0.25) is 4.68 Å². The van der Waals surface area contributed by atoms with Crippen LogP contribution in [0.5, 0.6) is 0 Å². The predicted molar refractivity (Wildman–Crippen MR) is 86.7 cm³/mol. The molecule has 0 aliphatic heterocycles. The van der Waals surface area contributed by atoms with Crippen molar-refractivity contribution in [2.45, 2.75) is 18.8 Å². The Labute approximate surface area is 137 Å². The normalized spacial score (nSPS) is 11.9. The lowest BCUT2D eigenvalue weighted by Gasteiger charge is -2.30. The van der Waals surface area contributed by atoms with Crippen molar-refractivity contribution in [3.63, 3.8) is 0 Å². The first kappa shape index (κ1) is 16.5. The van der Waals surface area contributed by atoms with Crippen LogP contribution in [-0.2, 0) is 18.9 Å². The van der Waals surface area contributed by atoms with Crippen LogP contribution in [0.1, 0.15) is 16.8 Å². The summed E-state index contributed by atoms with van der Waals surface area (Å²) in [6.45, 7) is 1.54. The van der Waals surface area contributed by atoms with Crippen LogP contribution in [0.4, 0.5) is 0 Å². The number of benzene rings is 1. The minimum absolute atomic E-state index is 0.171. The van der Waals surface area contributed by atoms with Gasteiger partial charge < -0.3 is 10.2 Å². The first-order chi connectivity index (χ1) is 9.93. The van der Waals surface area contributed by atoms with Gasteiger partial charge >= 0.3 is 0 Å². The molecule has 2 aromatic rings. The summed E-state index contributed by atoms with van der Waals surface area (Å²) in [5, 5.41) is 24.6. The number of aliphatic hydroxyl groups is 2. The van der Waals surface area contributed by atoms with Gasteiger partial charge in [-0.2, -0.15) is 5.10 Å². The largest absolute Gasteiger partial charge is 0.395 e. The van der Waals surface area contributed by atoms with Crippen molar-refractivity contribution in [3.05, 3.63) is 50.7 Å². The van der Waals surface area contributed by atoms with Crippen LogP contribution in [-0.4, -0.2) is 33.2 Å². The van der Waals surface area contributed by atoms with E-state index in [9.17, 15) is 10.2 Å². The van der Waals surface area contributed by atoms with Crippen molar-refractivity contribution in [2.75, 3.05) is 13.2 Å². The van der Waals surface area contributed by atoms with E-state index in [4.69, 9.17) is 11.6 Å².